The van der Waals surface area contributed by atoms with E-state index >= 15 is 0 Å². The van der Waals surface area contributed by atoms with Gasteiger partial charge in [-0.25, -0.2) is 4.79 Å². The summed E-state index contributed by atoms with van der Waals surface area (Å²) in [5.74, 6) is 0.458. The first-order valence-electron chi connectivity index (χ1n) is 7.96. The molecule has 24 heavy (non-hydrogen) atoms. The molecule has 1 aromatic rings. The molecule has 1 atom stereocenters. The van der Waals surface area contributed by atoms with Crippen LogP contribution in [0.2, 0.25) is 0 Å². The van der Waals surface area contributed by atoms with Crippen molar-refractivity contribution in [2.45, 2.75) is 19.4 Å². The van der Waals surface area contributed by atoms with E-state index in [-0.39, 0.29) is 37.4 Å². The van der Waals surface area contributed by atoms with Crippen LogP contribution in [0.3, 0.4) is 0 Å². The van der Waals surface area contributed by atoms with E-state index < -0.39 is 6.04 Å². The second kappa shape index (κ2) is 9.32. The lowest BCUT2D eigenvalue weighted by molar-refractivity contribution is -0.153. The van der Waals surface area contributed by atoms with E-state index in [9.17, 15) is 14.4 Å². The number of esters is 1. The third-order valence-corrected chi connectivity index (χ3v) is 4.67. The number of amides is 2. The predicted octanol–water partition coefficient (Wildman–Crippen LogP) is 0.852. The lowest BCUT2D eigenvalue weighted by Crippen LogP contribution is -2.53. The van der Waals surface area contributed by atoms with Crippen molar-refractivity contribution in [2.75, 3.05) is 31.2 Å². The molecule has 6 nitrogen and oxygen atoms in total. The molecular weight excluding hydrogens is 328 g/mol. The van der Waals surface area contributed by atoms with Crippen molar-refractivity contribution in [3.05, 3.63) is 35.9 Å². The number of thioether (sulfide) groups is 1. The molecule has 1 aliphatic heterocycles. The van der Waals surface area contributed by atoms with Gasteiger partial charge in [0.15, 0.2) is 0 Å². The maximum Gasteiger partial charge on any atom is 0.329 e. The predicted molar refractivity (Wildman–Crippen MR) is 92.6 cm³/mol. The van der Waals surface area contributed by atoms with Crippen LogP contribution in [0.4, 0.5) is 0 Å². The number of hydrogen-bond donors (Lipinski definition) is 1. The first-order chi connectivity index (χ1) is 11.6. The van der Waals surface area contributed by atoms with E-state index in [1.807, 2.05) is 30.3 Å². The van der Waals surface area contributed by atoms with Crippen molar-refractivity contribution in [3.8, 4) is 0 Å². The Balaban J connectivity index is 1.85. The summed E-state index contributed by atoms with van der Waals surface area (Å²) in [7, 11) is 0. The fourth-order valence-electron chi connectivity index (χ4n) is 2.46. The SMILES string of the molecule is CCOC(=O)C1CSCCN1C(=O)CNC(=O)Cc1ccccc1. The zero-order chi connectivity index (χ0) is 17.4. The monoisotopic (exact) mass is 350 g/mol. The molecular formula is C17H22N2O4S. The first kappa shape index (κ1) is 18.3. The van der Waals surface area contributed by atoms with Crippen LogP contribution in [0.15, 0.2) is 30.3 Å². The number of nitrogens with one attached hydrogen (secondary N) is 1. The summed E-state index contributed by atoms with van der Waals surface area (Å²) in [5.41, 5.74) is 0.890. The molecule has 1 aliphatic rings. The summed E-state index contributed by atoms with van der Waals surface area (Å²) in [5, 5.41) is 2.63. The molecule has 0 radical (unpaired) electrons. The average molecular weight is 350 g/mol. The second-order valence-corrected chi connectivity index (χ2v) is 6.52. The topological polar surface area (TPSA) is 75.7 Å². The van der Waals surface area contributed by atoms with Crippen molar-refractivity contribution < 1.29 is 19.1 Å². The standard InChI is InChI=1S/C17H22N2O4S/c1-2-23-17(22)14-12-24-9-8-19(14)16(21)11-18-15(20)10-13-6-4-3-5-7-13/h3-7,14H,2,8-12H2,1H3,(H,18,20). The quantitative estimate of drug-likeness (QED) is 0.770. The molecule has 7 heteroatoms. The summed E-state index contributed by atoms with van der Waals surface area (Å²) < 4.78 is 5.03. The number of carbonyl (C=O) groups is 3. The third kappa shape index (κ3) is 5.26. The number of nitrogens with zero attached hydrogens (tertiary/aromatic N) is 1. The van der Waals surface area contributed by atoms with E-state index in [2.05, 4.69) is 5.32 Å². The van der Waals surface area contributed by atoms with Gasteiger partial charge in [0.1, 0.15) is 6.04 Å². The summed E-state index contributed by atoms with van der Waals surface area (Å²) in [4.78, 5) is 37.8. The molecule has 1 heterocycles. The minimum absolute atomic E-state index is 0.105. The van der Waals surface area contributed by atoms with Crippen molar-refractivity contribution in [1.82, 2.24) is 10.2 Å². The Morgan fingerprint density at radius 1 is 1.29 bits per heavy atom. The molecule has 0 aromatic heterocycles. The van der Waals surface area contributed by atoms with Crippen LogP contribution in [0.5, 0.6) is 0 Å². The average Bonchev–Trinajstić information content (AvgIpc) is 2.61. The van der Waals surface area contributed by atoms with E-state index in [1.165, 1.54) is 4.90 Å². The Bertz CT molecular complexity index is 579. The molecule has 1 saturated heterocycles. The van der Waals surface area contributed by atoms with Gasteiger partial charge in [-0.3, -0.25) is 9.59 Å². The lowest BCUT2D eigenvalue weighted by Gasteiger charge is -2.33. The highest BCUT2D eigenvalue weighted by atomic mass is 32.2. The smallest absolute Gasteiger partial charge is 0.329 e. The van der Waals surface area contributed by atoms with E-state index in [0.29, 0.717) is 12.3 Å². The van der Waals surface area contributed by atoms with Gasteiger partial charge in [0.05, 0.1) is 19.6 Å². The van der Waals surface area contributed by atoms with Gasteiger partial charge in [-0.05, 0) is 12.5 Å². The highest BCUT2D eigenvalue weighted by Crippen LogP contribution is 2.17. The number of benzene rings is 1. The summed E-state index contributed by atoms with van der Waals surface area (Å²) in [6.07, 6.45) is 0.227. The maximum absolute atomic E-state index is 12.4. The van der Waals surface area contributed by atoms with Gasteiger partial charge in [-0.2, -0.15) is 11.8 Å². The van der Waals surface area contributed by atoms with Crippen molar-refractivity contribution in [3.63, 3.8) is 0 Å². The molecule has 0 aliphatic carbocycles. The van der Waals surface area contributed by atoms with Crippen LogP contribution in [0.1, 0.15) is 12.5 Å². The van der Waals surface area contributed by atoms with Crippen LogP contribution < -0.4 is 5.32 Å². The highest BCUT2D eigenvalue weighted by molar-refractivity contribution is 7.99. The first-order valence-corrected chi connectivity index (χ1v) is 9.11. The van der Waals surface area contributed by atoms with Crippen LogP contribution in [-0.2, 0) is 25.5 Å². The second-order valence-electron chi connectivity index (χ2n) is 5.37. The van der Waals surface area contributed by atoms with E-state index in [0.717, 1.165) is 11.3 Å². The van der Waals surface area contributed by atoms with Crippen molar-refractivity contribution >= 4 is 29.5 Å². The van der Waals surface area contributed by atoms with Gasteiger partial charge in [-0.15, -0.1) is 0 Å². The molecule has 0 saturated carbocycles. The van der Waals surface area contributed by atoms with Crippen molar-refractivity contribution in [1.29, 1.82) is 0 Å². The van der Waals surface area contributed by atoms with Crippen LogP contribution in [0.25, 0.3) is 0 Å². The van der Waals surface area contributed by atoms with Gasteiger partial charge in [-0.1, -0.05) is 30.3 Å². The highest BCUT2D eigenvalue weighted by Gasteiger charge is 2.33. The van der Waals surface area contributed by atoms with Crippen LogP contribution in [-0.4, -0.2) is 59.9 Å². The molecule has 2 rings (SSSR count). The largest absolute Gasteiger partial charge is 0.464 e. The number of hydrogen-bond acceptors (Lipinski definition) is 5. The molecule has 1 aromatic carbocycles. The van der Waals surface area contributed by atoms with Gasteiger partial charge < -0.3 is 15.0 Å². The minimum atomic E-state index is -0.567. The van der Waals surface area contributed by atoms with E-state index in [1.54, 1.807) is 18.7 Å². The van der Waals surface area contributed by atoms with E-state index in [4.69, 9.17) is 4.74 Å². The Hall–Kier alpha value is -2.02. The fraction of sp³-hybridized carbons (Fsp3) is 0.471. The number of rotatable bonds is 6. The zero-order valence-corrected chi connectivity index (χ0v) is 14.5. The van der Waals surface area contributed by atoms with Gasteiger partial charge in [0.2, 0.25) is 11.8 Å². The molecule has 2 amide bonds. The molecule has 130 valence electrons. The summed E-state index contributed by atoms with van der Waals surface area (Å²) >= 11 is 1.62. The Kier molecular flexibility index (Phi) is 7.11. The van der Waals surface area contributed by atoms with Gasteiger partial charge >= 0.3 is 5.97 Å². The normalized spacial score (nSPS) is 17.2. The summed E-state index contributed by atoms with van der Waals surface area (Å²) in [6, 6.07) is 8.77. The minimum Gasteiger partial charge on any atom is -0.464 e. The molecule has 1 unspecified atom stereocenters. The van der Waals surface area contributed by atoms with Crippen molar-refractivity contribution in [2.24, 2.45) is 0 Å². The lowest BCUT2D eigenvalue weighted by atomic mass is 10.1. The van der Waals surface area contributed by atoms with Crippen LogP contribution in [0, 0.1) is 0 Å². The summed E-state index contributed by atoms with van der Waals surface area (Å²) in [6.45, 7) is 2.41. The number of carbonyl (C=O) groups excluding carboxylic acids is 3. The Morgan fingerprint density at radius 3 is 2.75 bits per heavy atom. The zero-order valence-electron chi connectivity index (χ0n) is 13.7. The third-order valence-electron chi connectivity index (χ3n) is 3.65. The molecule has 0 spiro atoms. The van der Waals surface area contributed by atoms with Crippen LogP contribution >= 0.6 is 11.8 Å². The fourth-order valence-corrected chi connectivity index (χ4v) is 3.49. The Labute approximate surface area is 145 Å². The number of ether oxygens (including phenoxy) is 1. The molecule has 0 bridgehead atoms. The maximum atomic E-state index is 12.4. The molecule has 1 N–H and O–H groups in total. The Morgan fingerprint density at radius 2 is 2.04 bits per heavy atom. The van der Waals surface area contributed by atoms with Gasteiger partial charge in [0.25, 0.3) is 0 Å². The molecule has 1 fully saturated rings. The van der Waals surface area contributed by atoms with Gasteiger partial charge in [0, 0.05) is 18.1 Å².